The summed E-state index contributed by atoms with van der Waals surface area (Å²) < 4.78 is 5.44. The second kappa shape index (κ2) is 8.37. The highest BCUT2D eigenvalue weighted by atomic mass is 35.5. The number of rotatable bonds is 5. The molecular weight excluding hydrogens is 388 g/mol. The first-order valence-corrected chi connectivity index (χ1v) is 9.62. The molecule has 146 valence electrons. The third-order valence-electron chi connectivity index (χ3n) is 4.77. The van der Waals surface area contributed by atoms with E-state index in [1.54, 1.807) is 24.3 Å². The number of hydrogen-bond acceptors (Lipinski definition) is 3. The maximum atomic E-state index is 12.9. The minimum Gasteiger partial charge on any atom is -0.445 e. The third kappa shape index (κ3) is 4.25. The van der Waals surface area contributed by atoms with Gasteiger partial charge in [0.25, 0.3) is 0 Å². The van der Waals surface area contributed by atoms with Gasteiger partial charge < -0.3 is 10.1 Å². The fourth-order valence-corrected chi connectivity index (χ4v) is 3.47. The third-order valence-corrected chi connectivity index (χ3v) is 5.10. The maximum absolute atomic E-state index is 12.9. The summed E-state index contributed by atoms with van der Waals surface area (Å²) in [6, 6.07) is 24.8. The van der Waals surface area contributed by atoms with Crippen LogP contribution in [0.3, 0.4) is 0 Å². The van der Waals surface area contributed by atoms with Crippen molar-refractivity contribution in [3.63, 3.8) is 0 Å². The summed E-state index contributed by atoms with van der Waals surface area (Å²) in [5.41, 5.74) is 2.27. The molecule has 1 N–H and O–H groups in total. The molecule has 29 heavy (non-hydrogen) atoms. The normalized spacial score (nSPS) is 17.5. The fourth-order valence-electron chi connectivity index (χ4n) is 3.28. The van der Waals surface area contributed by atoms with Crippen LogP contribution in [0, 0.1) is 0 Å². The number of carbonyl (C=O) groups excluding carboxylic acids is 2. The van der Waals surface area contributed by atoms with E-state index in [0.717, 1.165) is 11.1 Å². The SMILES string of the molecule is O=C(Nc1ccccc1Cl)[C@@H]1[C@@H](c2ccccc2)N1C(=O)OCc1ccccc1. The fraction of sp³-hybridized carbons (Fsp3) is 0.130. The van der Waals surface area contributed by atoms with Crippen molar-refractivity contribution in [2.75, 3.05) is 5.32 Å². The Labute approximate surface area is 173 Å². The molecule has 5 nitrogen and oxygen atoms in total. The summed E-state index contributed by atoms with van der Waals surface area (Å²) in [6.45, 7) is 0.149. The maximum Gasteiger partial charge on any atom is 0.411 e. The summed E-state index contributed by atoms with van der Waals surface area (Å²) in [5.74, 6) is -0.302. The molecule has 1 saturated heterocycles. The zero-order valence-electron chi connectivity index (χ0n) is 15.5. The Kier molecular flexibility index (Phi) is 5.49. The Hall–Kier alpha value is -3.31. The average molecular weight is 407 g/mol. The molecule has 3 aromatic rings. The van der Waals surface area contributed by atoms with Gasteiger partial charge in [0, 0.05) is 0 Å². The van der Waals surface area contributed by atoms with E-state index in [1.807, 2.05) is 60.7 Å². The molecular formula is C23H19ClN2O3. The lowest BCUT2D eigenvalue weighted by molar-refractivity contribution is -0.116. The van der Waals surface area contributed by atoms with E-state index < -0.39 is 12.1 Å². The quantitative estimate of drug-likeness (QED) is 0.604. The highest BCUT2D eigenvalue weighted by molar-refractivity contribution is 6.33. The molecule has 0 bridgehead atoms. The van der Waals surface area contributed by atoms with E-state index in [1.165, 1.54) is 4.90 Å². The number of nitrogens with zero attached hydrogens (tertiary/aromatic N) is 1. The standard InChI is InChI=1S/C23H19ClN2O3/c24-18-13-7-8-14-19(18)25-22(27)21-20(17-11-5-2-6-12-17)26(21)23(28)29-15-16-9-3-1-4-10-16/h1-14,20-21H,15H2,(H,25,27)/t20-,21+,26?/m1/s1. The summed E-state index contributed by atoms with van der Waals surface area (Å²) in [6.07, 6.45) is -0.526. The van der Waals surface area contributed by atoms with Crippen LogP contribution in [0.4, 0.5) is 10.5 Å². The van der Waals surface area contributed by atoms with Crippen molar-refractivity contribution in [3.05, 3.63) is 101 Å². The number of ether oxygens (including phenoxy) is 1. The Morgan fingerprint density at radius 2 is 1.52 bits per heavy atom. The molecule has 1 aliphatic rings. The molecule has 2 amide bonds. The van der Waals surface area contributed by atoms with Crippen LogP contribution in [0.2, 0.25) is 5.02 Å². The van der Waals surface area contributed by atoms with Crippen LogP contribution >= 0.6 is 11.6 Å². The first kappa shape index (κ1) is 19.0. The molecule has 4 rings (SSSR count). The minimum atomic E-state index is -0.656. The Morgan fingerprint density at radius 1 is 0.897 bits per heavy atom. The molecule has 6 heteroatoms. The highest BCUT2D eigenvalue weighted by Gasteiger charge is 2.57. The van der Waals surface area contributed by atoms with Crippen LogP contribution in [0.1, 0.15) is 17.2 Å². The molecule has 0 unspecified atom stereocenters. The number of anilines is 1. The second-order valence-corrected chi connectivity index (χ2v) is 7.12. The van der Waals surface area contributed by atoms with E-state index in [4.69, 9.17) is 16.3 Å². The number of carbonyl (C=O) groups is 2. The van der Waals surface area contributed by atoms with E-state index in [0.29, 0.717) is 10.7 Å². The Morgan fingerprint density at radius 3 is 2.21 bits per heavy atom. The van der Waals surface area contributed by atoms with Gasteiger partial charge in [-0.1, -0.05) is 84.4 Å². The summed E-state index contributed by atoms with van der Waals surface area (Å²) in [7, 11) is 0. The van der Waals surface area contributed by atoms with Gasteiger partial charge in [0.1, 0.15) is 12.6 Å². The van der Waals surface area contributed by atoms with E-state index in [9.17, 15) is 9.59 Å². The smallest absolute Gasteiger partial charge is 0.411 e. The number of amides is 2. The van der Waals surface area contributed by atoms with Gasteiger partial charge in [0.2, 0.25) is 5.91 Å². The molecule has 0 spiro atoms. The van der Waals surface area contributed by atoms with Gasteiger partial charge in [-0.15, -0.1) is 0 Å². The first-order chi connectivity index (χ1) is 14.1. The van der Waals surface area contributed by atoms with Gasteiger partial charge in [0.15, 0.2) is 0 Å². The van der Waals surface area contributed by atoms with Gasteiger partial charge in [-0.05, 0) is 23.3 Å². The zero-order valence-corrected chi connectivity index (χ0v) is 16.3. The predicted octanol–water partition coefficient (Wildman–Crippen LogP) is 5.04. The van der Waals surface area contributed by atoms with Gasteiger partial charge in [0.05, 0.1) is 16.8 Å². The van der Waals surface area contributed by atoms with E-state index in [-0.39, 0.29) is 18.6 Å². The van der Waals surface area contributed by atoms with Crippen molar-refractivity contribution in [3.8, 4) is 0 Å². The Bertz CT molecular complexity index is 1010. The number of benzene rings is 3. The predicted molar refractivity (Wildman–Crippen MR) is 112 cm³/mol. The van der Waals surface area contributed by atoms with Crippen molar-refractivity contribution in [2.45, 2.75) is 18.7 Å². The monoisotopic (exact) mass is 406 g/mol. The van der Waals surface area contributed by atoms with Crippen molar-refractivity contribution < 1.29 is 14.3 Å². The summed E-state index contributed by atoms with van der Waals surface area (Å²) >= 11 is 6.14. The van der Waals surface area contributed by atoms with Crippen LogP contribution < -0.4 is 5.32 Å². The van der Waals surface area contributed by atoms with Crippen molar-refractivity contribution in [1.29, 1.82) is 0 Å². The number of para-hydroxylation sites is 1. The number of hydrogen-bond donors (Lipinski definition) is 1. The van der Waals surface area contributed by atoms with Crippen LogP contribution in [0.25, 0.3) is 0 Å². The lowest BCUT2D eigenvalue weighted by atomic mass is 10.1. The molecule has 0 aliphatic carbocycles. The molecule has 0 aromatic heterocycles. The largest absolute Gasteiger partial charge is 0.445 e. The molecule has 0 saturated carbocycles. The molecule has 2 atom stereocenters. The average Bonchev–Trinajstić information content (AvgIpc) is 3.51. The minimum absolute atomic E-state index is 0.149. The number of halogens is 1. The topological polar surface area (TPSA) is 58.4 Å². The van der Waals surface area contributed by atoms with Crippen molar-refractivity contribution in [1.82, 2.24) is 4.90 Å². The van der Waals surface area contributed by atoms with Crippen LogP contribution in [0.5, 0.6) is 0 Å². The van der Waals surface area contributed by atoms with E-state index >= 15 is 0 Å². The molecule has 1 aliphatic heterocycles. The van der Waals surface area contributed by atoms with Crippen molar-refractivity contribution >= 4 is 29.3 Å². The highest BCUT2D eigenvalue weighted by Crippen LogP contribution is 2.44. The van der Waals surface area contributed by atoms with Crippen molar-refractivity contribution in [2.24, 2.45) is 0 Å². The lowest BCUT2D eigenvalue weighted by Gasteiger charge is -2.08. The second-order valence-electron chi connectivity index (χ2n) is 6.72. The number of nitrogens with one attached hydrogen (secondary N) is 1. The first-order valence-electron chi connectivity index (χ1n) is 9.24. The van der Waals surface area contributed by atoms with Gasteiger partial charge in [-0.3, -0.25) is 9.69 Å². The van der Waals surface area contributed by atoms with Gasteiger partial charge in [-0.25, -0.2) is 4.79 Å². The van der Waals surface area contributed by atoms with Crippen LogP contribution in [-0.2, 0) is 16.1 Å². The van der Waals surface area contributed by atoms with Crippen LogP contribution in [-0.4, -0.2) is 22.9 Å². The molecule has 1 fully saturated rings. The van der Waals surface area contributed by atoms with Crippen LogP contribution in [0.15, 0.2) is 84.9 Å². The van der Waals surface area contributed by atoms with Gasteiger partial charge >= 0.3 is 6.09 Å². The lowest BCUT2D eigenvalue weighted by Crippen LogP contribution is -2.25. The molecule has 3 aromatic carbocycles. The zero-order chi connectivity index (χ0) is 20.2. The summed E-state index contributed by atoms with van der Waals surface area (Å²) in [4.78, 5) is 27.0. The molecule has 1 heterocycles. The Balaban J connectivity index is 1.50. The van der Waals surface area contributed by atoms with E-state index in [2.05, 4.69) is 5.32 Å². The summed E-state index contributed by atoms with van der Waals surface area (Å²) in [5, 5.41) is 3.25. The molecule has 0 radical (unpaired) electrons. The van der Waals surface area contributed by atoms with Gasteiger partial charge in [-0.2, -0.15) is 0 Å².